The van der Waals surface area contributed by atoms with Gasteiger partial charge in [-0.25, -0.2) is 0 Å². The van der Waals surface area contributed by atoms with E-state index >= 15 is 0 Å². The molecule has 0 saturated carbocycles. The summed E-state index contributed by atoms with van der Waals surface area (Å²) in [5.74, 6) is 1.15. The first kappa shape index (κ1) is 15.6. The minimum atomic E-state index is -0.0977. The Kier molecular flexibility index (Phi) is 3.83. The Labute approximate surface area is 145 Å². The fourth-order valence-electron chi connectivity index (χ4n) is 3.20. The number of amides is 1. The van der Waals surface area contributed by atoms with E-state index in [9.17, 15) is 4.79 Å². The summed E-state index contributed by atoms with van der Waals surface area (Å²) in [4.78, 5) is 16.7. The second kappa shape index (κ2) is 6.16. The minimum Gasteiger partial charge on any atom is -0.345 e. The summed E-state index contributed by atoms with van der Waals surface area (Å²) in [5, 5.41) is 11.1. The monoisotopic (exact) mass is 337 g/mol. The standard InChI is InChI=1S/C18H19N5O2/c1-3-16-21-18(25-22-16)12-4-6-14-11(8-12)5-7-15(14)20-17(24)13-9-19-23(2)10-13/h4,6,8-10,15H,3,5,7H2,1-2H3,(H,20,24). The Bertz CT molecular complexity index is 927. The van der Waals surface area contributed by atoms with Crippen LogP contribution in [-0.2, 0) is 19.9 Å². The highest BCUT2D eigenvalue weighted by Gasteiger charge is 2.25. The molecule has 0 saturated heterocycles. The van der Waals surface area contributed by atoms with E-state index in [2.05, 4.69) is 26.6 Å². The van der Waals surface area contributed by atoms with E-state index in [4.69, 9.17) is 4.52 Å². The molecule has 128 valence electrons. The lowest BCUT2D eigenvalue weighted by Crippen LogP contribution is -2.26. The van der Waals surface area contributed by atoms with E-state index in [0.29, 0.717) is 17.3 Å². The number of benzene rings is 1. The predicted molar refractivity (Wildman–Crippen MR) is 90.8 cm³/mol. The minimum absolute atomic E-state index is 0.0191. The van der Waals surface area contributed by atoms with E-state index in [1.807, 2.05) is 19.1 Å². The van der Waals surface area contributed by atoms with Crippen LogP contribution in [0.1, 0.15) is 46.7 Å². The van der Waals surface area contributed by atoms with Gasteiger partial charge in [0, 0.05) is 25.2 Å². The molecule has 1 aliphatic rings. The van der Waals surface area contributed by atoms with Crippen molar-refractivity contribution < 1.29 is 9.32 Å². The number of rotatable bonds is 4. The van der Waals surface area contributed by atoms with Gasteiger partial charge in [0.1, 0.15) is 0 Å². The molecule has 2 heterocycles. The molecule has 1 N–H and O–H groups in total. The van der Waals surface area contributed by atoms with Gasteiger partial charge in [-0.05, 0) is 36.1 Å². The Morgan fingerprint density at radius 1 is 1.44 bits per heavy atom. The van der Waals surface area contributed by atoms with Crippen LogP contribution < -0.4 is 5.32 Å². The summed E-state index contributed by atoms with van der Waals surface area (Å²) in [6.45, 7) is 1.99. The maximum Gasteiger partial charge on any atom is 0.257 e. The van der Waals surface area contributed by atoms with Crippen molar-refractivity contribution in [1.82, 2.24) is 25.2 Å². The van der Waals surface area contributed by atoms with Gasteiger partial charge in [0.15, 0.2) is 5.82 Å². The molecule has 25 heavy (non-hydrogen) atoms. The molecule has 1 atom stereocenters. The number of aromatic nitrogens is 4. The molecule has 1 aliphatic carbocycles. The van der Waals surface area contributed by atoms with Crippen molar-refractivity contribution in [2.45, 2.75) is 32.2 Å². The van der Waals surface area contributed by atoms with Gasteiger partial charge in [0.05, 0.1) is 17.8 Å². The second-order valence-electron chi connectivity index (χ2n) is 6.25. The predicted octanol–water partition coefficient (Wildman–Crippen LogP) is 2.45. The molecular formula is C18H19N5O2. The quantitative estimate of drug-likeness (QED) is 0.790. The number of carbonyl (C=O) groups excluding carboxylic acids is 1. The SMILES string of the molecule is CCc1noc(-c2ccc3c(c2)CCC3NC(=O)c2cnn(C)c2)n1. The van der Waals surface area contributed by atoms with E-state index < -0.39 is 0 Å². The van der Waals surface area contributed by atoms with Gasteiger partial charge in [0.2, 0.25) is 0 Å². The van der Waals surface area contributed by atoms with Crippen LogP contribution in [0, 0.1) is 0 Å². The lowest BCUT2D eigenvalue weighted by Gasteiger charge is -2.13. The normalized spacial score (nSPS) is 16.0. The zero-order valence-electron chi connectivity index (χ0n) is 14.2. The second-order valence-corrected chi connectivity index (χ2v) is 6.25. The molecule has 1 aromatic carbocycles. The molecule has 1 unspecified atom stereocenters. The third-order valence-corrected chi connectivity index (χ3v) is 4.52. The zero-order chi connectivity index (χ0) is 17.4. The van der Waals surface area contributed by atoms with Crippen LogP contribution in [0.15, 0.2) is 35.1 Å². The molecule has 4 rings (SSSR count). The van der Waals surface area contributed by atoms with Gasteiger partial charge < -0.3 is 9.84 Å². The smallest absolute Gasteiger partial charge is 0.257 e. The van der Waals surface area contributed by atoms with Crippen LogP contribution in [-0.4, -0.2) is 25.8 Å². The van der Waals surface area contributed by atoms with Crippen molar-refractivity contribution in [3.63, 3.8) is 0 Å². The van der Waals surface area contributed by atoms with Gasteiger partial charge in [-0.1, -0.05) is 18.1 Å². The van der Waals surface area contributed by atoms with Crippen LogP contribution in [0.5, 0.6) is 0 Å². The summed E-state index contributed by atoms with van der Waals surface area (Å²) >= 11 is 0. The van der Waals surface area contributed by atoms with Crippen molar-refractivity contribution in [2.75, 3.05) is 0 Å². The zero-order valence-corrected chi connectivity index (χ0v) is 14.2. The summed E-state index contributed by atoms with van der Waals surface area (Å²) in [6, 6.07) is 6.12. The molecule has 7 nitrogen and oxygen atoms in total. The molecule has 3 aromatic rings. The van der Waals surface area contributed by atoms with Crippen molar-refractivity contribution in [3.8, 4) is 11.5 Å². The Hall–Kier alpha value is -2.96. The first-order valence-electron chi connectivity index (χ1n) is 8.39. The van der Waals surface area contributed by atoms with E-state index in [1.165, 1.54) is 5.56 Å². The number of carbonyl (C=O) groups is 1. The van der Waals surface area contributed by atoms with Crippen LogP contribution in [0.25, 0.3) is 11.5 Å². The summed E-state index contributed by atoms with van der Waals surface area (Å²) < 4.78 is 6.94. The lowest BCUT2D eigenvalue weighted by molar-refractivity contribution is 0.0936. The molecule has 0 fully saturated rings. The molecule has 2 aromatic heterocycles. The fraction of sp³-hybridized carbons (Fsp3) is 0.333. The summed E-state index contributed by atoms with van der Waals surface area (Å²) in [7, 11) is 1.80. The lowest BCUT2D eigenvalue weighted by atomic mass is 10.0. The van der Waals surface area contributed by atoms with Crippen LogP contribution in [0.3, 0.4) is 0 Å². The van der Waals surface area contributed by atoms with E-state index in [-0.39, 0.29) is 11.9 Å². The van der Waals surface area contributed by atoms with Crippen LogP contribution in [0.4, 0.5) is 0 Å². The number of nitrogens with one attached hydrogen (secondary N) is 1. The highest BCUT2D eigenvalue weighted by atomic mass is 16.5. The molecule has 0 aliphatic heterocycles. The maximum absolute atomic E-state index is 12.4. The highest BCUT2D eigenvalue weighted by Crippen LogP contribution is 2.34. The number of fused-ring (bicyclic) bond motifs is 1. The van der Waals surface area contributed by atoms with E-state index in [1.54, 1.807) is 24.1 Å². The number of nitrogens with zero attached hydrogens (tertiary/aromatic N) is 4. The molecule has 7 heteroatoms. The van der Waals surface area contributed by atoms with Gasteiger partial charge in [-0.3, -0.25) is 9.48 Å². The fourth-order valence-corrected chi connectivity index (χ4v) is 3.20. The van der Waals surface area contributed by atoms with Gasteiger partial charge in [-0.2, -0.15) is 10.1 Å². The third-order valence-electron chi connectivity index (χ3n) is 4.52. The summed E-state index contributed by atoms with van der Waals surface area (Å²) in [6.07, 6.45) is 5.84. The Morgan fingerprint density at radius 2 is 2.32 bits per heavy atom. The number of aryl methyl sites for hydroxylation is 3. The number of hydrogen-bond acceptors (Lipinski definition) is 5. The molecule has 1 amide bonds. The third kappa shape index (κ3) is 2.93. The van der Waals surface area contributed by atoms with Crippen molar-refractivity contribution >= 4 is 5.91 Å². The Morgan fingerprint density at radius 3 is 3.04 bits per heavy atom. The van der Waals surface area contributed by atoms with Crippen molar-refractivity contribution in [3.05, 3.63) is 53.1 Å². The summed E-state index contributed by atoms with van der Waals surface area (Å²) in [5.41, 5.74) is 3.86. The van der Waals surface area contributed by atoms with Crippen molar-refractivity contribution in [2.24, 2.45) is 7.05 Å². The van der Waals surface area contributed by atoms with E-state index in [0.717, 1.165) is 30.4 Å². The molecule has 0 radical (unpaired) electrons. The Balaban J connectivity index is 1.54. The average Bonchev–Trinajstić information content (AvgIpc) is 3.34. The number of hydrogen-bond donors (Lipinski definition) is 1. The van der Waals surface area contributed by atoms with Crippen molar-refractivity contribution in [1.29, 1.82) is 0 Å². The largest absolute Gasteiger partial charge is 0.345 e. The molecule has 0 spiro atoms. The average molecular weight is 337 g/mol. The van der Waals surface area contributed by atoms with Gasteiger partial charge >= 0.3 is 0 Å². The first-order chi connectivity index (χ1) is 12.1. The molecule has 0 bridgehead atoms. The van der Waals surface area contributed by atoms with Gasteiger partial charge in [0.25, 0.3) is 11.8 Å². The first-order valence-corrected chi connectivity index (χ1v) is 8.39. The van der Waals surface area contributed by atoms with Crippen LogP contribution >= 0.6 is 0 Å². The molecular weight excluding hydrogens is 318 g/mol. The van der Waals surface area contributed by atoms with Gasteiger partial charge in [-0.15, -0.1) is 0 Å². The maximum atomic E-state index is 12.4. The topological polar surface area (TPSA) is 85.8 Å². The highest BCUT2D eigenvalue weighted by molar-refractivity contribution is 5.94. The van der Waals surface area contributed by atoms with Crippen LogP contribution in [0.2, 0.25) is 0 Å².